The lowest BCUT2D eigenvalue weighted by Crippen LogP contribution is -2.38. The maximum absolute atomic E-state index is 11.7. The lowest BCUT2D eigenvalue weighted by molar-refractivity contribution is -0.149. The highest BCUT2D eigenvalue weighted by Gasteiger charge is 2.56. The van der Waals surface area contributed by atoms with E-state index in [0.29, 0.717) is 30.1 Å². The molecule has 1 heterocycles. The van der Waals surface area contributed by atoms with Gasteiger partial charge in [0.2, 0.25) is 12.7 Å². The number of amides is 1. The van der Waals surface area contributed by atoms with Crippen molar-refractivity contribution in [1.29, 1.82) is 0 Å². The molecule has 1 amide bonds. The number of carboxylic acid groups (broad SMARTS) is 1. The van der Waals surface area contributed by atoms with Gasteiger partial charge < -0.3 is 24.6 Å². The van der Waals surface area contributed by atoms with Gasteiger partial charge in [0.1, 0.15) is 17.8 Å². The number of carboxylic acids is 1. The number of benzene rings is 1. The van der Waals surface area contributed by atoms with Gasteiger partial charge in [-0.3, -0.25) is 9.59 Å². The van der Waals surface area contributed by atoms with E-state index in [9.17, 15) is 9.59 Å². The summed E-state index contributed by atoms with van der Waals surface area (Å²) in [6.07, 6.45) is 0.800. The highest BCUT2D eigenvalue weighted by molar-refractivity contribution is 6.04. The summed E-state index contributed by atoms with van der Waals surface area (Å²) >= 11 is 0. The molecule has 1 aromatic carbocycles. The van der Waals surface area contributed by atoms with Crippen molar-refractivity contribution in [2.75, 3.05) is 19.9 Å². The van der Waals surface area contributed by atoms with Gasteiger partial charge in [-0.05, 0) is 25.0 Å². The smallest absolute Gasteiger partial charge is 0.319 e. The number of carbonyl (C=O) groups is 2. The molecule has 2 aliphatic rings. The van der Waals surface area contributed by atoms with Crippen LogP contribution in [0, 0.1) is 5.41 Å². The summed E-state index contributed by atoms with van der Waals surface area (Å²) in [6.45, 7) is 0.704. The average Bonchev–Trinajstić information content (AvgIpc) is 3.16. The van der Waals surface area contributed by atoms with Gasteiger partial charge in [0.15, 0.2) is 11.5 Å². The minimum atomic E-state index is -1.21. The molecule has 1 aliphatic carbocycles. The molecule has 1 aromatic rings. The van der Waals surface area contributed by atoms with Crippen molar-refractivity contribution in [2.45, 2.75) is 12.8 Å². The molecular weight excluding hydrogens is 278 g/mol. The van der Waals surface area contributed by atoms with Crippen LogP contribution in [-0.2, 0) is 9.59 Å². The monoisotopic (exact) mass is 293 g/mol. The first-order valence-corrected chi connectivity index (χ1v) is 6.66. The maximum Gasteiger partial charge on any atom is 0.319 e. The van der Waals surface area contributed by atoms with Crippen LogP contribution in [0.4, 0.5) is 0 Å². The summed E-state index contributed by atoms with van der Waals surface area (Å²) < 4.78 is 15.9. The zero-order chi connectivity index (χ0) is 14.9. The quantitative estimate of drug-likeness (QED) is 0.594. The maximum atomic E-state index is 11.7. The summed E-state index contributed by atoms with van der Waals surface area (Å²) in [5, 5.41) is 11.6. The fourth-order valence-electron chi connectivity index (χ4n) is 2.13. The molecule has 1 fully saturated rings. The Morgan fingerprint density at radius 2 is 2.05 bits per heavy atom. The number of rotatable bonds is 6. The highest BCUT2D eigenvalue weighted by Crippen LogP contribution is 2.46. The van der Waals surface area contributed by atoms with Crippen LogP contribution in [0.3, 0.4) is 0 Å². The van der Waals surface area contributed by atoms with Crippen molar-refractivity contribution >= 4 is 11.9 Å². The van der Waals surface area contributed by atoms with E-state index >= 15 is 0 Å². The first kappa shape index (κ1) is 13.5. The number of hydrogen-bond acceptors (Lipinski definition) is 5. The van der Waals surface area contributed by atoms with Gasteiger partial charge in [-0.2, -0.15) is 0 Å². The first-order valence-electron chi connectivity index (χ1n) is 6.66. The topological polar surface area (TPSA) is 94.1 Å². The van der Waals surface area contributed by atoms with Crippen molar-refractivity contribution < 1.29 is 28.9 Å². The Morgan fingerprint density at radius 1 is 1.29 bits per heavy atom. The summed E-state index contributed by atoms with van der Waals surface area (Å²) in [7, 11) is 0. The Morgan fingerprint density at radius 3 is 2.76 bits per heavy atom. The molecule has 0 unspecified atom stereocenters. The number of ether oxygens (including phenoxy) is 3. The van der Waals surface area contributed by atoms with Crippen LogP contribution in [0.1, 0.15) is 12.8 Å². The second kappa shape index (κ2) is 5.16. The molecule has 0 aromatic heterocycles. The van der Waals surface area contributed by atoms with Crippen LogP contribution in [-0.4, -0.2) is 36.9 Å². The van der Waals surface area contributed by atoms with Gasteiger partial charge in [-0.1, -0.05) is 0 Å². The molecule has 0 saturated heterocycles. The molecule has 3 rings (SSSR count). The number of aliphatic carboxylic acids is 1. The van der Waals surface area contributed by atoms with E-state index in [0.717, 1.165) is 0 Å². The number of fused-ring (bicyclic) bond motifs is 1. The Bertz CT molecular complexity index is 581. The molecule has 1 aliphatic heterocycles. The van der Waals surface area contributed by atoms with Gasteiger partial charge in [-0.15, -0.1) is 0 Å². The van der Waals surface area contributed by atoms with Crippen LogP contribution in [0.2, 0.25) is 0 Å². The molecule has 0 spiro atoms. The third-order valence-corrected chi connectivity index (χ3v) is 3.59. The van der Waals surface area contributed by atoms with Gasteiger partial charge >= 0.3 is 5.97 Å². The minimum absolute atomic E-state index is 0.201. The molecule has 21 heavy (non-hydrogen) atoms. The van der Waals surface area contributed by atoms with Gasteiger partial charge in [0, 0.05) is 6.07 Å². The summed E-state index contributed by atoms with van der Waals surface area (Å²) in [5.41, 5.74) is -1.21. The van der Waals surface area contributed by atoms with Crippen molar-refractivity contribution in [3.05, 3.63) is 18.2 Å². The van der Waals surface area contributed by atoms with Crippen LogP contribution >= 0.6 is 0 Å². The highest BCUT2D eigenvalue weighted by atomic mass is 16.7. The predicted octanol–water partition coefficient (Wildman–Crippen LogP) is 0.775. The fourth-order valence-corrected chi connectivity index (χ4v) is 2.13. The van der Waals surface area contributed by atoms with E-state index in [1.54, 1.807) is 18.2 Å². The molecule has 112 valence electrons. The number of nitrogens with one attached hydrogen (secondary N) is 1. The third kappa shape index (κ3) is 2.58. The second-order valence-electron chi connectivity index (χ2n) is 5.01. The normalized spacial score (nSPS) is 17.1. The molecule has 7 heteroatoms. The third-order valence-electron chi connectivity index (χ3n) is 3.59. The molecule has 0 bridgehead atoms. The Balaban J connectivity index is 1.44. The zero-order valence-electron chi connectivity index (χ0n) is 11.3. The van der Waals surface area contributed by atoms with Gasteiger partial charge in [-0.25, -0.2) is 0 Å². The lowest BCUT2D eigenvalue weighted by Gasteiger charge is -2.11. The van der Waals surface area contributed by atoms with E-state index in [2.05, 4.69) is 5.32 Å². The summed E-state index contributed by atoms with van der Waals surface area (Å²) in [5.74, 6) is 0.404. The minimum Gasteiger partial charge on any atom is -0.492 e. The standard InChI is InChI=1S/C14H15NO6/c16-12(14(3-4-14)13(17)18)15-5-6-19-9-1-2-10-11(7-9)21-8-20-10/h1-2,7H,3-6,8H2,(H,15,16)(H,17,18). The average molecular weight is 293 g/mol. The molecule has 0 atom stereocenters. The van der Waals surface area contributed by atoms with Crippen molar-refractivity contribution in [3.63, 3.8) is 0 Å². The largest absolute Gasteiger partial charge is 0.492 e. The first-order chi connectivity index (χ1) is 10.1. The zero-order valence-corrected chi connectivity index (χ0v) is 11.3. The Hall–Kier alpha value is -2.44. The number of carbonyl (C=O) groups excluding carboxylic acids is 1. The van der Waals surface area contributed by atoms with Crippen LogP contribution in [0.5, 0.6) is 17.2 Å². The van der Waals surface area contributed by atoms with Crippen LogP contribution < -0.4 is 19.5 Å². The SMILES string of the molecule is O=C(O)C1(C(=O)NCCOc2ccc3c(c2)OCO3)CC1. The molecular formula is C14H15NO6. The van der Waals surface area contributed by atoms with Crippen molar-refractivity contribution in [1.82, 2.24) is 5.32 Å². The fraction of sp³-hybridized carbons (Fsp3) is 0.429. The second-order valence-corrected chi connectivity index (χ2v) is 5.01. The van der Waals surface area contributed by atoms with E-state index < -0.39 is 17.3 Å². The van der Waals surface area contributed by atoms with Crippen molar-refractivity contribution in [3.8, 4) is 17.2 Å². The summed E-state index contributed by atoms with van der Waals surface area (Å²) in [6, 6.07) is 5.21. The van der Waals surface area contributed by atoms with Crippen LogP contribution in [0.25, 0.3) is 0 Å². The van der Waals surface area contributed by atoms with E-state index in [-0.39, 0.29) is 19.9 Å². The van der Waals surface area contributed by atoms with Crippen molar-refractivity contribution in [2.24, 2.45) is 5.41 Å². The molecule has 2 N–H and O–H groups in total. The molecule has 0 radical (unpaired) electrons. The van der Waals surface area contributed by atoms with Crippen LogP contribution in [0.15, 0.2) is 18.2 Å². The van der Waals surface area contributed by atoms with E-state index in [1.807, 2.05) is 0 Å². The lowest BCUT2D eigenvalue weighted by atomic mass is 10.1. The van der Waals surface area contributed by atoms with E-state index in [4.69, 9.17) is 19.3 Å². The number of hydrogen-bond donors (Lipinski definition) is 2. The summed E-state index contributed by atoms with van der Waals surface area (Å²) in [4.78, 5) is 22.7. The van der Waals surface area contributed by atoms with Gasteiger partial charge in [0.25, 0.3) is 0 Å². The molecule has 1 saturated carbocycles. The van der Waals surface area contributed by atoms with Gasteiger partial charge in [0.05, 0.1) is 6.54 Å². The Kier molecular flexibility index (Phi) is 3.32. The van der Waals surface area contributed by atoms with E-state index in [1.165, 1.54) is 0 Å². The Labute approximate surface area is 120 Å². The molecule has 7 nitrogen and oxygen atoms in total. The predicted molar refractivity (Wildman–Crippen MR) is 70.4 cm³/mol.